The van der Waals surface area contributed by atoms with Gasteiger partial charge in [0.05, 0.1) is 4.90 Å². The highest BCUT2D eigenvalue weighted by Crippen LogP contribution is 2.18. The molecular weight excluding hydrogens is 357 g/mol. The summed E-state index contributed by atoms with van der Waals surface area (Å²) in [6.45, 7) is 0.473. The summed E-state index contributed by atoms with van der Waals surface area (Å²) in [6.07, 6.45) is 0.569. The molecule has 140 valence electrons. The molecule has 2 amide bonds. The molecule has 0 aromatic heterocycles. The zero-order valence-corrected chi connectivity index (χ0v) is 15.5. The molecule has 0 unspecified atom stereocenters. The first-order chi connectivity index (χ1) is 12.3. The van der Waals surface area contributed by atoms with Crippen molar-refractivity contribution < 1.29 is 17.6 Å². The summed E-state index contributed by atoms with van der Waals surface area (Å²) in [5, 5.41) is 5.35. The summed E-state index contributed by atoms with van der Waals surface area (Å²) in [4.78, 5) is 12.1. The number of rotatable bonds is 7. The third-order valence-electron chi connectivity index (χ3n) is 3.78. The Bertz CT molecular complexity index is 852. The molecule has 0 bridgehead atoms. The van der Waals surface area contributed by atoms with Gasteiger partial charge in [-0.3, -0.25) is 0 Å². The molecule has 0 radical (unpaired) electrons. The van der Waals surface area contributed by atoms with Gasteiger partial charge in [-0.25, -0.2) is 21.9 Å². The lowest BCUT2D eigenvalue weighted by atomic mass is 10.1. The number of carbonyl (C=O) groups excluding carboxylic acids is 1. The van der Waals surface area contributed by atoms with E-state index in [1.54, 1.807) is 30.3 Å². The lowest BCUT2D eigenvalue weighted by molar-refractivity contribution is 0.240. The fraction of sp³-hybridized carbons (Fsp3) is 0.278. The Balaban J connectivity index is 1.89. The fourth-order valence-corrected chi connectivity index (χ4v) is 3.42. The summed E-state index contributed by atoms with van der Waals surface area (Å²) in [6, 6.07) is 12.2. The zero-order valence-electron chi connectivity index (χ0n) is 14.7. The molecule has 0 atom stereocenters. The van der Waals surface area contributed by atoms with E-state index >= 15 is 0 Å². The smallest absolute Gasteiger partial charge is 0.315 e. The van der Waals surface area contributed by atoms with Crippen LogP contribution in [0.3, 0.4) is 0 Å². The van der Waals surface area contributed by atoms with Crippen molar-refractivity contribution in [1.29, 1.82) is 0 Å². The molecule has 0 fully saturated rings. The maximum Gasteiger partial charge on any atom is 0.315 e. The van der Waals surface area contributed by atoms with Gasteiger partial charge in [0.2, 0.25) is 10.0 Å². The Kier molecular flexibility index (Phi) is 6.70. The van der Waals surface area contributed by atoms with Crippen LogP contribution in [0.1, 0.15) is 11.1 Å². The molecule has 0 saturated carbocycles. The lowest BCUT2D eigenvalue weighted by Gasteiger charge is -2.15. The number of sulfonamides is 1. The minimum absolute atomic E-state index is 0.0889. The van der Waals surface area contributed by atoms with Gasteiger partial charge in [0.25, 0.3) is 0 Å². The first-order valence-corrected chi connectivity index (χ1v) is 9.51. The van der Waals surface area contributed by atoms with Crippen molar-refractivity contribution in [3.05, 3.63) is 65.5 Å². The number of benzene rings is 2. The van der Waals surface area contributed by atoms with Crippen LogP contribution in [0.2, 0.25) is 0 Å². The van der Waals surface area contributed by atoms with Crippen LogP contribution in [0.4, 0.5) is 9.18 Å². The molecule has 0 aliphatic heterocycles. The molecule has 26 heavy (non-hydrogen) atoms. The minimum Gasteiger partial charge on any atom is -0.338 e. The number of nitrogens with zero attached hydrogens (tertiary/aromatic N) is 1. The van der Waals surface area contributed by atoms with Crippen molar-refractivity contribution in [2.24, 2.45) is 0 Å². The van der Waals surface area contributed by atoms with Crippen molar-refractivity contribution in [3.63, 3.8) is 0 Å². The third-order valence-corrected chi connectivity index (χ3v) is 5.70. The maximum atomic E-state index is 12.8. The monoisotopic (exact) mass is 379 g/mol. The molecule has 2 aromatic carbocycles. The van der Waals surface area contributed by atoms with E-state index in [0.29, 0.717) is 18.5 Å². The van der Waals surface area contributed by atoms with Crippen LogP contribution in [0.25, 0.3) is 0 Å². The van der Waals surface area contributed by atoms with E-state index in [1.165, 1.54) is 32.3 Å². The summed E-state index contributed by atoms with van der Waals surface area (Å²) in [5.41, 5.74) is 1.42. The van der Waals surface area contributed by atoms with E-state index in [-0.39, 0.29) is 17.3 Å². The minimum atomic E-state index is -3.58. The predicted octanol–water partition coefficient (Wildman–Crippen LogP) is 2.12. The van der Waals surface area contributed by atoms with Gasteiger partial charge < -0.3 is 10.6 Å². The zero-order chi connectivity index (χ0) is 19.2. The van der Waals surface area contributed by atoms with Crippen LogP contribution in [0, 0.1) is 5.82 Å². The highest BCUT2D eigenvalue weighted by atomic mass is 32.2. The number of amides is 2. The van der Waals surface area contributed by atoms with Gasteiger partial charge in [-0.05, 0) is 35.7 Å². The van der Waals surface area contributed by atoms with Crippen LogP contribution in [0.5, 0.6) is 0 Å². The van der Waals surface area contributed by atoms with Gasteiger partial charge >= 0.3 is 6.03 Å². The number of hydrogen-bond donors (Lipinski definition) is 2. The Hall–Kier alpha value is -2.45. The average molecular weight is 379 g/mol. The predicted molar refractivity (Wildman–Crippen MR) is 97.7 cm³/mol. The second-order valence-corrected chi connectivity index (χ2v) is 8.00. The number of urea groups is 1. The Morgan fingerprint density at radius 3 is 2.35 bits per heavy atom. The number of hydrogen-bond acceptors (Lipinski definition) is 3. The molecule has 6 nitrogen and oxygen atoms in total. The second kappa shape index (κ2) is 8.77. The van der Waals surface area contributed by atoms with Crippen molar-refractivity contribution in [2.75, 3.05) is 20.6 Å². The molecule has 2 rings (SSSR count). The Morgan fingerprint density at radius 1 is 1.04 bits per heavy atom. The van der Waals surface area contributed by atoms with E-state index in [0.717, 1.165) is 9.87 Å². The van der Waals surface area contributed by atoms with E-state index < -0.39 is 16.1 Å². The SMILES string of the molecule is CN(C)S(=O)(=O)c1ccccc1CNC(=O)NCCc1ccc(F)cc1. The van der Waals surface area contributed by atoms with Crippen molar-refractivity contribution >= 4 is 16.1 Å². The topological polar surface area (TPSA) is 78.5 Å². The summed E-state index contributed by atoms with van der Waals surface area (Å²) in [5.74, 6) is -0.300. The van der Waals surface area contributed by atoms with Crippen LogP contribution < -0.4 is 10.6 Å². The maximum absolute atomic E-state index is 12.8. The van der Waals surface area contributed by atoms with Crippen LogP contribution in [-0.2, 0) is 23.0 Å². The number of nitrogens with one attached hydrogen (secondary N) is 2. The van der Waals surface area contributed by atoms with Crippen LogP contribution in [-0.4, -0.2) is 39.4 Å². The van der Waals surface area contributed by atoms with Gasteiger partial charge in [0, 0.05) is 27.2 Å². The Labute approximate surface area is 153 Å². The summed E-state index contributed by atoms with van der Waals surface area (Å²) < 4.78 is 38.6. The van der Waals surface area contributed by atoms with Gasteiger partial charge in [-0.15, -0.1) is 0 Å². The largest absolute Gasteiger partial charge is 0.338 e. The molecule has 2 aromatic rings. The third kappa shape index (κ3) is 5.27. The average Bonchev–Trinajstić information content (AvgIpc) is 2.61. The van der Waals surface area contributed by atoms with Crippen molar-refractivity contribution in [3.8, 4) is 0 Å². The van der Waals surface area contributed by atoms with Gasteiger partial charge in [-0.1, -0.05) is 30.3 Å². The van der Waals surface area contributed by atoms with Gasteiger partial charge in [0.15, 0.2) is 0 Å². The van der Waals surface area contributed by atoms with Crippen molar-refractivity contribution in [2.45, 2.75) is 17.9 Å². The molecule has 2 N–H and O–H groups in total. The standard InChI is InChI=1S/C18H22FN3O3S/c1-22(2)26(24,25)17-6-4-3-5-15(17)13-21-18(23)20-12-11-14-7-9-16(19)10-8-14/h3-10H,11-13H2,1-2H3,(H2,20,21,23). The highest BCUT2D eigenvalue weighted by Gasteiger charge is 2.20. The first-order valence-electron chi connectivity index (χ1n) is 8.07. The molecule has 0 heterocycles. The van der Waals surface area contributed by atoms with E-state index in [4.69, 9.17) is 0 Å². The number of halogens is 1. The summed E-state index contributed by atoms with van der Waals surface area (Å²) in [7, 11) is -0.661. The van der Waals surface area contributed by atoms with E-state index in [2.05, 4.69) is 10.6 Å². The van der Waals surface area contributed by atoms with Crippen molar-refractivity contribution in [1.82, 2.24) is 14.9 Å². The van der Waals surface area contributed by atoms with Gasteiger partial charge in [-0.2, -0.15) is 0 Å². The Morgan fingerprint density at radius 2 is 1.69 bits per heavy atom. The number of carbonyl (C=O) groups is 1. The quantitative estimate of drug-likeness (QED) is 0.773. The molecular formula is C18H22FN3O3S. The van der Waals surface area contributed by atoms with Crippen LogP contribution in [0.15, 0.2) is 53.4 Å². The molecule has 0 aliphatic rings. The summed E-state index contributed by atoms with van der Waals surface area (Å²) >= 11 is 0. The second-order valence-electron chi connectivity index (χ2n) is 5.88. The highest BCUT2D eigenvalue weighted by molar-refractivity contribution is 7.89. The molecule has 0 saturated heterocycles. The van der Waals surface area contributed by atoms with Crippen LogP contribution >= 0.6 is 0 Å². The fourth-order valence-electron chi connectivity index (χ4n) is 2.31. The normalized spacial score (nSPS) is 11.4. The van der Waals surface area contributed by atoms with E-state index in [1.807, 2.05) is 0 Å². The first kappa shape index (κ1) is 19.9. The molecule has 0 spiro atoms. The van der Waals surface area contributed by atoms with Gasteiger partial charge in [0.1, 0.15) is 5.82 Å². The lowest BCUT2D eigenvalue weighted by Crippen LogP contribution is -2.36. The van der Waals surface area contributed by atoms with E-state index in [9.17, 15) is 17.6 Å². The molecule has 8 heteroatoms. The molecule has 0 aliphatic carbocycles.